The van der Waals surface area contributed by atoms with Crippen LogP contribution >= 0.6 is 0 Å². The lowest BCUT2D eigenvalue weighted by Gasteiger charge is -2.35. The molecule has 0 bridgehead atoms. The standard InChI is InChI=1S/C16H25N3O4/c1-18(10-11-20)14(16(22)19-8-6-17-7-9-19)12-4-3-5-13(23-2)15(12)21/h3-5,14,17,20-21H,6-11H2,1-2H3. The predicted octanol–water partition coefficient (Wildman–Crippen LogP) is -0.202. The zero-order chi connectivity index (χ0) is 16.8. The van der Waals surface area contributed by atoms with Crippen molar-refractivity contribution in [1.29, 1.82) is 0 Å². The zero-order valence-electron chi connectivity index (χ0n) is 13.7. The highest BCUT2D eigenvalue weighted by Crippen LogP contribution is 2.36. The molecule has 3 N–H and O–H groups in total. The van der Waals surface area contributed by atoms with Gasteiger partial charge in [0.1, 0.15) is 6.04 Å². The minimum atomic E-state index is -0.657. The number of piperazine rings is 1. The predicted molar refractivity (Wildman–Crippen MR) is 86.6 cm³/mol. The van der Waals surface area contributed by atoms with Crippen molar-refractivity contribution in [3.63, 3.8) is 0 Å². The summed E-state index contributed by atoms with van der Waals surface area (Å²) in [6.07, 6.45) is 0. The number of nitrogens with zero attached hydrogens (tertiary/aromatic N) is 2. The summed E-state index contributed by atoms with van der Waals surface area (Å²) < 4.78 is 5.15. The van der Waals surface area contributed by atoms with Crippen LogP contribution in [0.3, 0.4) is 0 Å². The number of aliphatic hydroxyl groups is 1. The van der Waals surface area contributed by atoms with Crippen molar-refractivity contribution >= 4 is 5.91 Å². The summed E-state index contributed by atoms with van der Waals surface area (Å²) >= 11 is 0. The van der Waals surface area contributed by atoms with Crippen LogP contribution in [-0.2, 0) is 4.79 Å². The van der Waals surface area contributed by atoms with Gasteiger partial charge >= 0.3 is 0 Å². The molecule has 0 radical (unpaired) electrons. The number of carbonyl (C=O) groups excluding carboxylic acids is 1. The molecule has 1 unspecified atom stereocenters. The molecule has 1 saturated heterocycles. The van der Waals surface area contributed by atoms with E-state index in [-0.39, 0.29) is 18.3 Å². The number of methoxy groups -OCH3 is 1. The summed E-state index contributed by atoms with van der Waals surface area (Å²) in [7, 11) is 3.24. The molecule has 1 aromatic rings. The van der Waals surface area contributed by atoms with Crippen LogP contribution in [0.25, 0.3) is 0 Å². The molecule has 23 heavy (non-hydrogen) atoms. The van der Waals surface area contributed by atoms with E-state index in [0.29, 0.717) is 30.9 Å². The van der Waals surface area contributed by atoms with E-state index in [9.17, 15) is 15.0 Å². The molecule has 0 aliphatic carbocycles. The number of para-hydroxylation sites is 1. The Morgan fingerprint density at radius 3 is 2.74 bits per heavy atom. The van der Waals surface area contributed by atoms with Gasteiger partial charge in [-0.1, -0.05) is 12.1 Å². The van der Waals surface area contributed by atoms with Crippen molar-refractivity contribution in [2.75, 3.05) is 53.5 Å². The molecule has 7 heteroatoms. The molecule has 1 aliphatic rings. The number of carbonyl (C=O) groups is 1. The minimum absolute atomic E-state index is 0.0340. The number of likely N-dealkylation sites (N-methyl/N-ethyl adjacent to an activating group) is 1. The molecule has 1 amide bonds. The van der Waals surface area contributed by atoms with Gasteiger partial charge in [0, 0.05) is 38.3 Å². The summed E-state index contributed by atoms with van der Waals surface area (Å²) in [5.41, 5.74) is 0.490. The van der Waals surface area contributed by atoms with Crippen LogP contribution in [0.15, 0.2) is 18.2 Å². The molecular weight excluding hydrogens is 298 g/mol. The zero-order valence-corrected chi connectivity index (χ0v) is 13.7. The second-order valence-electron chi connectivity index (χ2n) is 5.58. The van der Waals surface area contributed by atoms with Gasteiger partial charge < -0.3 is 25.2 Å². The number of nitrogens with one attached hydrogen (secondary N) is 1. The van der Waals surface area contributed by atoms with Crippen molar-refractivity contribution in [2.24, 2.45) is 0 Å². The monoisotopic (exact) mass is 323 g/mol. The van der Waals surface area contributed by atoms with Crippen LogP contribution in [0.5, 0.6) is 11.5 Å². The Hall–Kier alpha value is -1.83. The third kappa shape index (κ3) is 3.93. The molecule has 1 atom stereocenters. The van der Waals surface area contributed by atoms with Gasteiger partial charge in [0.25, 0.3) is 0 Å². The first-order valence-electron chi connectivity index (χ1n) is 7.76. The van der Waals surface area contributed by atoms with E-state index in [1.54, 1.807) is 35.0 Å². The summed E-state index contributed by atoms with van der Waals surface area (Å²) in [5.74, 6) is 0.220. The number of aliphatic hydroxyl groups excluding tert-OH is 1. The first-order chi connectivity index (χ1) is 11.1. The van der Waals surface area contributed by atoms with Crippen LogP contribution in [0.4, 0.5) is 0 Å². The smallest absolute Gasteiger partial charge is 0.244 e. The molecule has 2 rings (SSSR count). The van der Waals surface area contributed by atoms with Crippen molar-refractivity contribution in [1.82, 2.24) is 15.1 Å². The second kappa shape index (κ2) is 8.14. The van der Waals surface area contributed by atoms with E-state index < -0.39 is 6.04 Å². The largest absolute Gasteiger partial charge is 0.504 e. The molecule has 0 spiro atoms. The molecule has 0 saturated carbocycles. The van der Waals surface area contributed by atoms with Crippen LogP contribution < -0.4 is 10.1 Å². The van der Waals surface area contributed by atoms with E-state index in [2.05, 4.69) is 5.32 Å². The fourth-order valence-corrected chi connectivity index (χ4v) is 2.83. The number of hydrogen-bond acceptors (Lipinski definition) is 6. The molecule has 1 aromatic carbocycles. The SMILES string of the molecule is COc1cccc(C(C(=O)N2CCNCC2)N(C)CCO)c1O. The number of ether oxygens (including phenoxy) is 1. The highest BCUT2D eigenvalue weighted by Gasteiger charge is 2.32. The van der Waals surface area contributed by atoms with Crippen LogP contribution in [0.2, 0.25) is 0 Å². The summed E-state index contributed by atoms with van der Waals surface area (Å²) in [6, 6.07) is 4.46. The van der Waals surface area contributed by atoms with Crippen molar-refractivity contribution in [3.8, 4) is 11.5 Å². The second-order valence-corrected chi connectivity index (χ2v) is 5.58. The fraction of sp³-hybridized carbons (Fsp3) is 0.562. The van der Waals surface area contributed by atoms with E-state index >= 15 is 0 Å². The van der Waals surface area contributed by atoms with Crippen molar-refractivity contribution < 1.29 is 19.7 Å². The average Bonchev–Trinajstić information content (AvgIpc) is 2.57. The molecule has 7 nitrogen and oxygen atoms in total. The van der Waals surface area contributed by atoms with Crippen LogP contribution in [0, 0.1) is 0 Å². The summed E-state index contributed by atoms with van der Waals surface area (Å²) in [5, 5.41) is 22.9. The number of benzene rings is 1. The Bertz CT molecular complexity index is 532. The molecular formula is C16H25N3O4. The first-order valence-corrected chi connectivity index (χ1v) is 7.76. The highest BCUT2D eigenvalue weighted by atomic mass is 16.5. The van der Waals surface area contributed by atoms with Crippen molar-refractivity contribution in [2.45, 2.75) is 6.04 Å². The Kier molecular flexibility index (Phi) is 6.20. The molecule has 1 aliphatic heterocycles. The number of hydrogen-bond donors (Lipinski definition) is 3. The molecule has 0 aromatic heterocycles. The van der Waals surface area contributed by atoms with E-state index in [1.807, 2.05) is 0 Å². The van der Waals surface area contributed by atoms with E-state index in [0.717, 1.165) is 13.1 Å². The molecule has 1 heterocycles. The third-order valence-corrected chi connectivity index (χ3v) is 4.10. The number of amides is 1. The van der Waals surface area contributed by atoms with Crippen LogP contribution in [-0.4, -0.2) is 79.4 Å². The quantitative estimate of drug-likeness (QED) is 0.672. The number of rotatable bonds is 6. The number of aromatic hydroxyl groups is 1. The Balaban J connectivity index is 2.35. The van der Waals surface area contributed by atoms with Gasteiger partial charge in [-0.25, -0.2) is 0 Å². The van der Waals surface area contributed by atoms with Crippen molar-refractivity contribution in [3.05, 3.63) is 23.8 Å². The van der Waals surface area contributed by atoms with Gasteiger partial charge in [-0.05, 0) is 13.1 Å². The topological polar surface area (TPSA) is 85.3 Å². The van der Waals surface area contributed by atoms with Gasteiger partial charge in [0.15, 0.2) is 11.5 Å². The first kappa shape index (κ1) is 17.5. The maximum atomic E-state index is 13.0. The molecule has 1 fully saturated rings. The van der Waals surface area contributed by atoms with Gasteiger partial charge in [0.05, 0.1) is 13.7 Å². The molecule has 128 valence electrons. The number of phenolic OH excluding ortho intramolecular Hbond substituents is 1. The fourth-order valence-electron chi connectivity index (χ4n) is 2.83. The van der Waals surface area contributed by atoms with E-state index in [4.69, 9.17) is 4.74 Å². The lowest BCUT2D eigenvalue weighted by Crippen LogP contribution is -2.50. The van der Waals surface area contributed by atoms with Crippen LogP contribution in [0.1, 0.15) is 11.6 Å². The summed E-state index contributed by atoms with van der Waals surface area (Å²) in [6.45, 7) is 3.05. The summed E-state index contributed by atoms with van der Waals surface area (Å²) in [4.78, 5) is 16.5. The van der Waals surface area contributed by atoms with Gasteiger partial charge in [-0.15, -0.1) is 0 Å². The Labute approximate surface area is 136 Å². The van der Waals surface area contributed by atoms with Gasteiger partial charge in [-0.3, -0.25) is 9.69 Å². The lowest BCUT2D eigenvalue weighted by molar-refractivity contribution is -0.137. The third-order valence-electron chi connectivity index (χ3n) is 4.10. The lowest BCUT2D eigenvalue weighted by atomic mass is 10.0. The number of phenols is 1. The maximum absolute atomic E-state index is 13.0. The Morgan fingerprint density at radius 1 is 1.43 bits per heavy atom. The van der Waals surface area contributed by atoms with Gasteiger partial charge in [0.2, 0.25) is 5.91 Å². The van der Waals surface area contributed by atoms with Gasteiger partial charge in [-0.2, -0.15) is 0 Å². The normalized spacial score (nSPS) is 16.4. The van der Waals surface area contributed by atoms with E-state index in [1.165, 1.54) is 7.11 Å². The maximum Gasteiger partial charge on any atom is 0.244 e. The minimum Gasteiger partial charge on any atom is -0.504 e. The Morgan fingerprint density at radius 2 is 2.13 bits per heavy atom. The highest BCUT2D eigenvalue weighted by molar-refractivity contribution is 5.84. The average molecular weight is 323 g/mol.